The minimum Gasteiger partial charge on any atom is -0.481 e. The Balaban J connectivity index is 2.06. The van der Waals surface area contributed by atoms with Crippen molar-refractivity contribution in [2.45, 2.75) is 6.42 Å². The van der Waals surface area contributed by atoms with Gasteiger partial charge in [-0.05, 0) is 29.3 Å². The van der Waals surface area contributed by atoms with Crippen LogP contribution >= 0.6 is 11.3 Å². The van der Waals surface area contributed by atoms with Gasteiger partial charge in [-0.3, -0.25) is 4.79 Å². The molecule has 1 N–H and O–H groups in total. The SMILES string of the molecule is O=C(O)CC(=Cc1ccccc1)c1nc2ccccc2s1. The zero-order valence-electron chi connectivity index (χ0n) is 11.2. The number of nitrogens with zero attached hydrogens (tertiary/aromatic N) is 1. The fraction of sp³-hybridized carbons (Fsp3) is 0.0588. The molecule has 104 valence electrons. The molecule has 0 aliphatic rings. The van der Waals surface area contributed by atoms with Crippen molar-refractivity contribution in [3.63, 3.8) is 0 Å². The Hall–Kier alpha value is -2.46. The molecule has 0 aliphatic heterocycles. The van der Waals surface area contributed by atoms with E-state index >= 15 is 0 Å². The van der Waals surface area contributed by atoms with Gasteiger partial charge in [0.05, 0.1) is 16.6 Å². The number of carboxylic acid groups (broad SMARTS) is 1. The number of benzene rings is 2. The Labute approximate surface area is 126 Å². The monoisotopic (exact) mass is 295 g/mol. The van der Waals surface area contributed by atoms with Crippen molar-refractivity contribution in [1.82, 2.24) is 4.98 Å². The van der Waals surface area contributed by atoms with Crippen molar-refractivity contribution >= 4 is 39.2 Å². The fourth-order valence-electron chi connectivity index (χ4n) is 2.11. The molecule has 0 saturated carbocycles. The Morgan fingerprint density at radius 1 is 1.10 bits per heavy atom. The summed E-state index contributed by atoms with van der Waals surface area (Å²) in [6.07, 6.45) is 1.86. The van der Waals surface area contributed by atoms with Crippen molar-refractivity contribution in [3.8, 4) is 0 Å². The van der Waals surface area contributed by atoms with Gasteiger partial charge in [0.1, 0.15) is 5.01 Å². The molecule has 1 heterocycles. The Morgan fingerprint density at radius 3 is 2.52 bits per heavy atom. The Morgan fingerprint density at radius 2 is 1.81 bits per heavy atom. The second-order valence-corrected chi connectivity index (χ2v) is 5.67. The number of rotatable bonds is 4. The number of carboxylic acids is 1. The number of fused-ring (bicyclic) bond motifs is 1. The molecule has 0 fully saturated rings. The van der Waals surface area contributed by atoms with Crippen LogP contribution in [0.3, 0.4) is 0 Å². The molecule has 0 atom stereocenters. The number of carbonyl (C=O) groups is 1. The number of aliphatic carboxylic acids is 1. The molecule has 0 bridgehead atoms. The van der Waals surface area contributed by atoms with E-state index in [9.17, 15) is 4.79 Å². The van der Waals surface area contributed by atoms with Gasteiger partial charge in [-0.15, -0.1) is 11.3 Å². The summed E-state index contributed by atoms with van der Waals surface area (Å²) in [5.41, 5.74) is 2.62. The molecule has 4 heteroatoms. The van der Waals surface area contributed by atoms with Gasteiger partial charge in [0.25, 0.3) is 0 Å². The molecular weight excluding hydrogens is 282 g/mol. The van der Waals surface area contributed by atoms with E-state index in [2.05, 4.69) is 4.98 Å². The number of hydrogen-bond donors (Lipinski definition) is 1. The van der Waals surface area contributed by atoms with Crippen LogP contribution in [0.5, 0.6) is 0 Å². The second kappa shape index (κ2) is 5.89. The largest absolute Gasteiger partial charge is 0.481 e. The molecule has 0 saturated heterocycles. The highest BCUT2D eigenvalue weighted by Crippen LogP contribution is 2.30. The molecule has 0 radical (unpaired) electrons. The standard InChI is InChI=1S/C17H13NO2S/c19-16(20)11-13(10-12-6-2-1-3-7-12)17-18-14-8-4-5-9-15(14)21-17/h1-10H,11H2,(H,19,20). The van der Waals surface area contributed by atoms with Crippen molar-refractivity contribution in [3.05, 3.63) is 65.2 Å². The highest BCUT2D eigenvalue weighted by Gasteiger charge is 2.12. The van der Waals surface area contributed by atoms with Crippen LogP contribution < -0.4 is 0 Å². The van der Waals surface area contributed by atoms with Gasteiger partial charge in [-0.1, -0.05) is 42.5 Å². The van der Waals surface area contributed by atoms with Crippen LogP contribution in [0.2, 0.25) is 0 Å². The summed E-state index contributed by atoms with van der Waals surface area (Å²) in [6, 6.07) is 17.5. The summed E-state index contributed by atoms with van der Waals surface area (Å²) >= 11 is 1.52. The van der Waals surface area contributed by atoms with Gasteiger partial charge in [0, 0.05) is 0 Å². The van der Waals surface area contributed by atoms with Crippen LogP contribution in [0.4, 0.5) is 0 Å². The third-order valence-corrected chi connectivity index (χ3v) is 4.16. The smallest absolute Gasteiger partial charge is 0.307 e. The lowest BCUT2D eigenvalue weighted by molar-refractivity contribution is -0.135. The highest BCUT2D eigenvalue weighted by molar-refractivity contribution is 7.19. The van der Waals surface area contributed by atoms with E-state index < -0.39 is 5.97 Å². The first-order valence-corrected chi connectivity index (χ1v) is 7.37. The predicted molar refractivity (Wildman–Crippen MR) is 86.2 cm³/mol. The molecule has 2 aromatic carbocycles. The first-order chi connectivity index (χ1) is 10.2. The molecule has 1 aromatic heterocycles. The Bertz CT molecular complexity index is 773. The second-order valence-electron chi connectivity index (χ2n) is 4.64. The summed E-state index contributed by atoms with van der Waals surface area (Å²) < 4.78 is 1.07. The normalized spacial score (nSPS) is 11.7. The summed E-state index contributed by atoms with van der Waals surface area (Å²) in [7, 11) is 0. The molecule has 3 rings (SSSR count). The van der Waals surface area contributed by atoms with Crippen LogP contribution in [-0.4, -0.2) is 16.1 Å². The van der Waals surface area contributed by atoms with Crippen molar-refractivity contribution in [2.75, 3.05) is 0 Å². The van der Waals surface area contributed by atoms with Crippen molar-refractivity contribution in [2.24, 2.45) is 0 Å². The average molecular weight is 295 g/mol. The lowest BCUT2D eigenvalue weighted by atomic mass is 10.1. The zero-order valence-corrected chi connectivity index (χ0v) is 12.0. The van der Waals surface area contributed by atoms with Crippen LogP contribution in [-0.2, 0) is 4.79 Å². The summed E-state index contributed by atoms with van der Waals surface area (Å²) in [5, 5.41) is 9.90. The van der Waals surface area contributed by atoms with Crippen LogP contribution in [0, 0.1) is 0 Å². The maximum Gasteiger partial charge on any atom is 0.307 e. The van der Waals surface area contributed by atoms with Crippen LogP contribution in [0.1, 0.15) is 17.0 Å². The van der Waals surface area contributed by atoms with Crippen LogP contribution in [0.25, 0.3) is 21.9 Å². The van der Waals surface area contributed by atoms with Crippen LogP contribution in [0.15, 0.2) is 54.6 Å². The molecule has 21 heavy (non-hydrogen) atoms. The topological polar surface area (TPSA) is 50.2 Å². The molecule has 0 aliphatic carbocycles. The van der Waals surface area contributed by atoms with E-state index in [1.165, 1.54) is 11.3 Å². The van der Waals surface area contributed by atoms with Crippen molar-refractivity contribution in [1.29, 1.82) is 0 Å². The van der Waals surface area contributed by atoms with E-state index in [0.29, 0.717) is 0 Å². The number of para-hydroxylation sites is 1. The van der Waals surface area contributed by atoms with E-state index in [0.717, 1.165) is 26.4 Å². The van der Waals surface area contributed by atoms with Crippen molar-refractivity contribution < 1.29 is 9.90 Å². The van der Waals surface area contributed by atoms with Gasteiger partial charge >= 0.3 is 5.97 Å². The molecule has 0 spiro atoms. The summed E-state index contributed by atoms with van der Waals surface area (Å²) in [5.74, 6) is -0.851. The molecule has 3 nitrogen and oxygen atoms in total. The summed E-state index contributed by atoms with van der Waals surface area (Å²) in [6.45, 7) is 0. The Kier molecular flexibility index (Phi) is 3.79. The molecule has 0 unspecified atom stereocenters. The van der Waals surface area contributed by atoms with Gasteiger partial charge in [0.2, 0.25) is 0 Å². The number of hydrogen-bond acceptors (Lipinski definition) is 3. The van der Waals surface area contributed by atoms with Gasteiger partial charge in [-0.25, -0.2) is 4.98 Å². The highest BCUT2D eigenvalue weighted by atomic mass is 32.1. The minimum absolute atomic E-state index is 0.0330. The van der Waals surface area contributed by atoms with E-state index in [-0.39, 0.29) is 6.42 Å². The lowest BCUT2D eigenvalue weighted by Crippen LogP contribution is -1.96. The fourth-order valence-corrected chi connectivity index (χ4v) is 3.09. The number of thiazole rings is 1. The summed E-state index contributed by atoms with van der Waals surface area (Å²) in [4.78, 5) is 15.7. The maximum atomic E-state index is 11.1. The third kappa shape index (κ3) is 3.17. The van der Waals surface area contributed by atoms with E-state index in [1.807, 2.05) is 60.7 Å². The van der Waals surface area contributed by atoms with Gasteiger partial charge in [-0.2, -0.15) is 0 Å². The first kappa shape index (κ1) is 13.5. The lowest BCUT2D eigenvalue weighted by Gasteiger charge is -2.01. The van der Waals surface area contributed by atoms with E-state index in [1.54, 1.807) is 0 Å². The van der Waals surface area contributed by atoms with E-state index in [4.69, 9.17) is 5.11 Å². The molecule has 0 amide bonds. The maximum absolute atomic E-state index is 11.1. The predicted octanol–water partition coefficient (Wildman–Crippen LogP) is 4.31. The minimum atomic E-state index is -0.851. The third-order valence-electron chi connectivity index (χ3n) is 3.05. The van der Waals surface area contributed by atoms with Gasteiger partial charge < -0.3 is 5.11 Å². The zero-order chi connectivity index (χ0) is 14.7. The molecule has 3 aromatic rings. The number of aromatic nitrogens is 1. The molecular formula is C17H13NO2S. The van der Waals surface area contributed by atoms with Gasteiger partial charge in [0.15, 0.2) is 0 Å². The average Bonchev–Trinajstić information content (AvgIpc) is 2.91. The quantitative estimate of drug-likeness (QED) is 0.780. The first-order valence-electron chi connectivity index (χ1n) is 6.56.